The second kappa shape index (κ2) is 7.04. The van der Waals surface area contributed by atoms with Crippen LogP contribution in [0.25, 0.3) is 0 Å². The Balaban J connectivity index is 2.29. The highest BCUT2D eigenvalue weighted by molar-refractivity contribution is 5.76. The van der Waals surface area contributed by atoms with Crippen LogP contribution in [0.15, 0.2) is 24.3 Å². The van der Waals surface area contributed by atoms with Crippen molar-refractivity contribution in [3.63, 3.8) is 0 Å². The number of carbonyl (C=O) groups is 1. The summed E-state index contributed by atoms with van der Waals surface area (Å²) in [7, 11) is 0. The summed E-state index contributed by atoms with van der Waals surface area (Å²) in [4.78, 5) is 11.5. The largest absolute Gasteiger partial charge is 0.356 e. The summed E-state index contributed by atoms with van der Waals surface area (Å²) in [6, 6.07) is 8.23. The number of amides is 1. The molecule has 0 aliphatic rings. The average molecular weight is 219 g/mol. The third-order valence-corrected chi connectivity index (χ3v) is 2.74. The monoisotopic (exact) mass is 219 g/mol. The fourth-order valence-corrected chi connectivity index (χ4v) is 1.63. The number of nitrogens with one attached hydrogen (secondary N) is 1. The van der Waals surface area contributed by atoms with E-state index in [-0.39, 0.29) is 5.91 Å². The second-order valence-electron chi connectivity index (χ2n) is 4.13. The molecule has 0 bridgehead atoms. The Morgan fingerprint density at radius 3 is 2.75 bits per heavy atom. The first kappa shape index (κ1) is 12.8. The van der Waals surface area contributed by atoms with Gasteiger partial charge in [0.25, 0.3) is 0 Å². The van der Waals surface area contributed by atoms with Gasteiger partial charge >= 0.3 is 0 Å². The first-order valence-corrected chi connectivity index (χ1v) is 6.05. The van der Waals surface area contributed by atoms with Crippen LogP contribution in [-0.2, 0) is 11.2 Å². The van der Waals surface area contributed by atoms with E-state index in [1.54, 1.807) is 0 Å². The molecule has 88 valence electrons. The molecule has 1 N–H and O–H groups in total. The number of benzene rings is 1. The van der Waals surface area contributed by atoms with E-state index in [4.69, 9.17) is 0 Å². The maximum atomic E-state index is 11.5. The predicted molar refractivity (Wildman–Crippen MR) is 67.4 cm³/mol. The Hall–Kier alpha value is -1.31. The molecule has 16 heavy (non-hydrogen) atoms. The summed E-state index contributed by atoms with van der Waals surface area (Å²) in [5, 5.41) is 2.93. The molecule has 0 radical (unpaired) electrons. The van der Waals surface area contributed by atoms with Gasteiger partial charge in [-0.3, -0.25) is 4.79 Å². The van der Waals surface area contributed by atoms with Gasteiger partial charge in [-0.05, 0) is 30.9 Å². The zero-order chi connectivity index (χ0) is 11.8. The van der Waals surface area contributed by atoms with Gasteiger partial charge in [0.05, 0.1) is 0 Å². The maximum absolute atomic E-state index is 11.5. The molecule has 0 atom stereocenters. The summed E-state index contributed by atoms with van der Waals surface area (Å²) in [6.45, 7) is 5.02. The zero-order valence-electron chi connectivity index (χ0n) is 10.3. The molecular formula is C14H21NO. The summed E-state index contributed by atoms with van der Waals surface area (Å²) in [5.41, 5.74) is 2.54. The van der Waals surface area contributed by atoms with E-state index in [9.17, 15) is 4.79 Å². The van der Waals surface area contributed by atoms with Crippen molar-refractivity contribution in [2.24, 2.45) is 0 Å². The van der Waals surface area contributed by atoms with Crippen molar-refractivity contribution in [1.82, 2.24) is 5.32 Å². The SMILES string of the molecule is CCCCNC(=O)CCc1ccccc1C. The summed E-state index contributed by atoms with van der Waals surface area (Å²) in [6.07, 6.45) is 3.62. The highest BCUT2D eigenvalue weighted by Crippen LogP contribution is 2.09. The summed E-state index contributed by atoms with van der Waals surface area (Å²) in [5.74, 6) is 0.164. The Kier molecular flexibility index (Phi) is 5.62. The Morgan fingerprint density at radius 2 is 2.06 bits per heavy atom. The van der Waals surface area contributed by atoms with E-state index < -0.39 is 0 Å². The molecular weight excluding hydrogens is 198 g/mol. The van der Waals surface area contributed by atoms with Crippen molar-refractivity contribution in [3.8, 4) is 0 Å². The molecule has 0 fully saturated rings. The van der Waals surface area contributed by atoms with Gasteiger partial charge in [0.15, 0.2) is 0 Å². The van der Waals surface area contributed by atoms with Crippen LogP contribution < -0.4 is 5.32 Å². The standard InChI is InChI=1S/C14H21NO/c1-3-4-11-15-14(16)10-9-13-8-6-5-7-12(13)2/h5-8H,3-4,9-11H2,1-2H3,(H,15,16). The van der Waals surface area contributed by atoms with Crippen molar-refractivity contribution in [2.75, 3.05) is 6.54 Å². The third kappa shape index (κ3) is 4.47. The minimum Gasteiger partial charge on any atom is -0.356 e. The number of hydrogen-bond donors (Lipinski definition) is 1. The molecule has 1 aromatic rings. The van der Waals surface area contributed by atoms with Gasteiger partial charge in [0.1, 0.15) is 0 Å². The fraction of sp³-hybridized carbons (Fsp3) is 0.500. The number of rotatable bonds is 6. The lowest BCUT2D eigenvalue weighted by atomic mass is 10.0. The van der Waals surface area contributed by atoms with Gasteiger partial charge in [-0.2, -0.15) is 0 Å². The molecule has 0 aromatic heterocycles. The van der Waals surface area contributed by atoms with Gasteiger partial charge in [0, 0.05) is 13.0 Å². The molecule has 0 spiro atoms. The van der Waals surface area contributed by atoms with Gasteiger partial charge in [-0.1, -0.05) is 37.6 Å². The Labute approximate surface area is 98.1 Å². The van der Waals surface area contributed by atoms with Crippen molar-refractivity contribution in [3.05, 3.63) is 35.4 Å². The van der Waals surface area contributed by atoms with Crippen molar-refractivity contribution < 1.29 is 4.79 Å². The molecule has 2 heteroatoms. The number of carbonyl (C=O) groups excluding carboxylic acids is 1. The van der Waals surface area contributed by atoms with Crippen LogP contribution in [0.1, 0.15) is 37.3 Å². The van der Waals surface area contributed by atoms with Crippen molar-refractivity contribution in [2.45, 2.75) is 39.5 Å². The Bertz CT molecular complexity index is 333. The lowest BCUT2D eigenvalue weighted by Gasteiger charge is -2.06. The van der Waals surface area contributed by atoms with Gasteiger partial charge in [-0.25, -0.2) is 0 Å². The van der Waals surface area contributed by atoms with Crippen LogP contribution in [0.5, 0.6) is 0 Å². The van der Waals surface area contributed by atoms with Gasteiger partial charge < -0.3 is 5.32 Å². The van der Waals surface area contributed by atoms with E-state index >= 15 is 0 Å². The summed E-state index contributed by atoms with van der Waals surface area (Å²) < 4.78 is 0. The first-order valence-electron chi connectivity index (χ1n) is 6.05. The molecule has 0 unspecified atom stereocenters. The molecule has 0 saturated carbocycles. The highest BCUT2D eigenvalue weighted by Gasteiger charge is 2.02. The third-order valence-electron chi connectivity index (χ3n) is 2.74. The normalized spacial score (nSPS) is 10.1. The van der Waals surface area contributed by atoms with Crippen molar-refractivity contribution in [1.29, 1.82) is 0 Å². The zero-order valence-corrected chi connectivity index (χ0v) is 10.3. The van der Waals surface area contributed by atoms with Gasteiger partial charge in [-0.15, -0.1) is 0 Å². The Morgan fingerprint density at radius 1 is 1.31 bits per heavy atom. The van der Waals surface area contributed by atoms with E-state index in [0.717, 1.165) is 25.8 Å². The molecule has 0 aliphatic heterocycles. The lowest BCUT2D eigenvalue weighted by molar-refractivity contribution is -0.121. The van der Waals surface area contributed by atoms with Crippen LogP contribution in [0.3, 0.4) is 0 Å². The molecule has 0 saturated heterocycles. The van der Waals surface area contributed by atoms with E-state index in [1.807, 2.05) is 12.1 Å². The number of unbranched alkanes of at least 4 members (excludes halogenated alkanes) is 1. The minimum atomic E-state index is 0.164. The van der Waals surface area contributed by atoms with Crippen molar-refractivity contribution >= 4 is 5.91 Å². The molecule has 1 rings (SSSR count). The number of aryl methyl sites for hydroxylation is 2. The highest BCUT2D eigenvalue weighted by atomic mass is 16.1. The van der Waals surface area contributed by atoms with E-state index in [0.29, 0.717) is 6.42 Å². The smallest absolute Gasteiger partial charge is 0.220 e. The molecule has 0 aliphatic carbocycles. The fourth-order valence-electron chi connectivity index (χ4n) is 1.63. The van der Waals surface area contributed by atoms with Crippen LogP contribution >= 0.6 is 0 Å². The van der Waals surface area contributed by atoms with Crippen LogP contribution in [0, 0.1) is 6.92 Å². The van der Waals surface area contributed by atoms with E-state index in [1.165, 1.54) is 11.1 Å². The maximum Gasteiger partial charge on any atom is 0.220 e. The quantitative estimate of drug-likeness (QED) is 0.732. The second-order valence-corrected chi connectivity index (χ2v) is 4.13. The first-order chi connectivity index (χ1) is 7.74. The molecule has 1 aromatic carbocycles. The molecule has 0 heterocycles. The topological polar surface area (TPSA) is 29.1 Å². The van der Waals surface area contributed by atoms with Crippen LogP contribution in [-0.4, -0.2) is 12.5 Å². The van der Waals surface area contributed by atoms with Crippen LogP contribution in [0.4, 0.5) is 0 Å². The molecule has 2 nitrogen and oxygen atoms in total. The lowest BCUT2D eigenvalue weighted by Crippen LogP contribution is -2.24. The van der Waals surface area contributed by atoms with Gasteiger partial charge in [0.2, 0.25) is 5.91 Å². The summed E-state index contributed by atoms with van der Waals surface area (Å²) >= 11 is 0. The van der Waals surface area contributed by atoms with E-state index in [2.05, 4.69) is 31.3 Å². The molecule has 1 amide bonds. The number of hydrogen-bond acceptors (Lipinski definition) is 1. The predicted octanol–water partition coefficient (Wildman–Crippen LogP) is 2.84. The average Bonchev–Trinajstić information content (AvgIpc) is 2.28. The minimum absolute atomic E-state index is 0.164. The van der Waals surface area contributed by atoms with Crippen LogP contribution in [0.2, 0.25) is 0 Å².